The lowest BCUT2D eigenvalue weighted by Gasteiger charge is -2.34. The maximum Gasteiger partial charge on any atom is 0.152 e. The number of fused-ring (bicyclic) bond motifs is 2. The second-order valence-electron chi connectivity index (χ2n) is 6.29. The van der Waals surface area contributed by atoms with Crippen LogP contribution >= 0.6 is 31.9 Å². The van der Waals surface area contributed by atoms with Crippen molar-refractivity contribution in [2.45, 2.75) is 6.42 Å². The van der Waals surface area contributed by atoms with Crippen LogP contribution in [0.15, 0.2) is 45.3 Å². The van der Waals surface area contributed by atoms with Gasteiger partial charge in [0.25, 0.3) is 0 Å². The van der Waals surface area contributed by atoms with E-state index in [-0.39, 0.29) is 0 Å². The number of hydrogen-bond acceptors (Lipinski definition) is 4. The molecule has 0 unspecified atom stereocenters. The topological polar surface area (TPSA) is 24.9 Å². The Morgan fingerprint density at radius 1 is 0.840 bits per heavy atom. The Kier molecular flexibility index (Phi) is 5.31. The molecule has 4 rings (SSSR count). The van der Waals surface area contributed by atoms with Gasteiger partial charge in [0.05, 0.1) is 24.6 Å². The highest BCUT2D eigenvalue weighted by atomic mass is 79.9. The molecule has 0 spiro atoms. The number of benzene rings is 2. The van der Waals surface area contributed by atoms with Gasteiger partial charge in [0.2, 0.25) is 0 Å². The fraction of sp³-hybridized carbons (Fsp3) is 0.368. The summed E-state index contributed by atoms with van der Waals surface area (Å²) in [5.41, 5.74) is 2.25. The first-order chi connectivity index (χ1) is 12.2. The molecule has 0 bridgehead atoms. The molecular formula is C19H20Br2N2O2. The molecule has 1 saturated heterocycles. The van der Waals surface area contributed by atoms with E-state index in [0.717, 1.165) is 77.6 Å². The van der Waals surface area contributed by atoms with Crippen molar-refractivity contribution in [3.63, 3.8) is 0 Å². The molecule has 0 saturated carbocycles. The molecule has 1 fully saturated rings. The zero-order chi connectivity index (χ0) is 17.2. The Labute approximate surface area is 165 Å². The quantitative estimate of drug-likeness (QED) is 0.618. The molecule has 0 amide bonds. The third-order valence-electron chi connectivity index (χ3n) is 4.60. The van der Waals surface area contributed by atoms with Gasteiger partial charge in [0.1, 0.15) is 0 Å². The van der Waals surface area contributed by atoms with Crippen molar-refractivity contribution < 1.29 is 9.47 Å². The Balaban J connectivity index is 1.55. The van der Waals surface area contributed by atoms with Gasteiger partial charge in [-0.1, -0.05) is 31.9 Å². The third-order valence-corrected chi connectivity index (χ3v) is 5.59. The Bertz CT molecular complexity index is 712. The predicted molar refractivity (Wildman–Crippen MR) is 107 cm³/mol. The van der Waals surface area contributed by atoms with Gasteiger partial charge in [-0.3, -0.25) is 4.90 Å². The summed E-state index contributed by atoms with van der Waals surface area (Å²) in [5.74, 6) is 1.79. The van der Waals surface area contributed by atoms with Gasteiger partial charge in [-0.25, -0.2) is 0 Å². The minimum absolute atomic E-state index is 0.852. The zero-order valence-corrected chi connectivity index (χ0v) is 17.1. The highest BCUT2D eigenvalue weighted by Gasteiger charge is 2.24. The van der Waals surface area contributed by atoms with E-state index < -0.39 is 0 Å². The number of anilines is 2. The molecule has 4 nitrogen and oxygen atoms in total. The van der Waals surface area contributed by atoms with E-state index >= 15 is 0 Å². The second-order valence-corrected chi connectivity index (χ2v) is 8.12. The van der Waals surface area contributed by atoms with Gasteiger partial charge in [0, 0.05) is 35.1 Å². The average molecular weight is 468 g/mol. The molecule has 0 atom stereocenters. The molecule has 0 aromatic heterocycles. The van der Waals surface area contributed by atoms with Crippen LogP contribution in [0.5, 0.6) is 11.5 Å². The van der Waals surface area contributed by atoms with Crippen molar-refractivity contribution in [1.29, 1.82) is 0 Å². The first kappa shape index (κ1) is 17.3. The maximum atomic E-state index is 6.14. The van der Waals surface area contributed by atoms with Crippen LogP contribution in [0.2, 0.25) is 0 Å². The van der Waals surface area contributed by atoms with E-state index in [0.29, 0.717) is 0 Å². The number of morpholine rings is 1. The van der Waals surface area contributed by atoms with Crippen LogP contribution in [-0.2, 0) is 4.74 Å². The van der Waals surface area contributed by atoms with Crippen LogP contribution in [-0.4, -0.2) is 44.3 Å². The first-order valence-corrected chi connectivity index (χ1v) is 10.1. The molecular weight excluding hydrogens is 448 g/mol. The van der Waals surface area contributed by atoms with Crippen molar-refractivity contribution in [3.05, 3.63) is 45.3 Å². The lowest BCUT2D eigenvalue weighted by atomic mass is 10.1. The van der Waals surface area contributed by atoms with E-state index in [2.05, 4.69) is 65.9 Å². The summed E-state index contributed by atoms with van der Waals surface area (Å²) in [5, 5.41) is 0. The molecule has 2 aromatic carbocycles. The monoisotopic (exact) mass is 466 g/mol. The molecule has 6 heteroatoms. The van der Waals surface area contributed by atoms with E-state index in [1.165, 1.54) is 0 Å². The van der Waals surface area contributed by atoms with Crippen LogP contribution in [0.3, 0.4) is 0 Å². The lowest BCUT2D eigenvalue weighted by Crippen LogP contribution is -2.38. The molecule has 2 aromatic rings. The number of rotatable bonds is 4. The van der Waals surface area contributed by atoms with Crippen molar-refractivity contribution in [1.82, 2.24) is 4.90 Å². The Morgan fingerprint density at radius 2 is 1.44 bits per heavy atom. The summed E-state index contributed by atoms with van der Waals surface area (Å²) >= 11 is 7.09. The molecule has 0 aliphatic carbocycles. The number of ether oxygens (including phenoxy) is 2. The van der Waals surface area contributed by atoms with Crippen molar-refractivity contribution >= 4 is 43.2 Å². The normalized spacial score (nSPS) is 17.0. The highest BCUT2D eigenvalue weighted by Crippen LogP contribution is 2.48. The predicted octanol–water partition coefficient (Wildman–Crippen LogP) is 5.18. The maximum absolute atomic E-state index is 6.14. The minimum atomic E-state index is 0.852. The van der Waals surface area contributed by atoms with Crippen LogP contribution < -0.4 is 9.64 Å². The number of halogens is 2. The second kappa shape index (κ2) is 7.66. The van der Waals surface area contributed by atoms with Crippen molar-refractivity contribution in [3.8, 4) is 11.5 Å². The molecule has 132 valence electrons. The summed E-state index contributed by atoms with van der Waals surface area (Å²) in [6, 6.07) is 12.5. The summed E-state index contributed by atoms with van der Waals surface area (Å²) in [6.07, 6.45) is 1.10. The van der Waals surface area contributed by atoms with Gasteiger partial charge in [-0.2, -0.15) is 0 Å². The summed E-state index contributed by atoms with van der Waals surface area (Å²) in [7, 11) is 0. The zero-order valence-electron chi connectivity index (χ0n) is 13.9. The lowest BCUT2D eigenvalue weighted by molar-refractivity contribution is 0.0377. The smallest absolute Gasteiger partial charge is 0.152 e. The molecule has 2 aliphatic rings. The van der Waals surface area contributed by atoms with E-state index in [1.807, 2.05) is 12.1 Å². The Morgan fingerprint density at radius 3 is 2.04 bits per heavy atom. The van der Waals surface area contributed by atoms with E-state index in [4.69, 9.17) is 9.47 Å². The first-order valence-electron chi connectivity index (χ1n) is 8.55. The molecule has 25 heavy (non-hydrogen) atoms. The van der Waals surface area contributed by atoms with Gasteiger partial charge in [-0.05, 0) is 42.8 Å². The summed E-state index contributed by atoms with van der Waals surface area (Å²) in [4.78, 5) is 4.85. The van der Waals surface area contributed by atoms with Gasteiger partial charge in [0.15, 0.2) is 11.5 Å². The Hall–Kier alpha value is -1.08. The van der Waals surface area contributed by atoms with Crippen molar-refractivity contribution in [2.24, 2.45) is 0 Å². The van der Waals surface area contributed by atoms with Crippen LogP contribution in [0.1, 0.15) is 6.42 Å². The molecule has 0 N–H and O–H groups in total. The number of hydrogen-bond donors (Lipinski definition) is 0. The fourth-order valence-corrected chi connectivity index (χ4v) is 4.03. The summed E-state index contributed by atoms with van der Waals surface area (Å²) in [6.45, 7) is 5.84. The minimum Gasteiger partial charge on any atom is -0.453 e. The highest BCUT2D eigenvalue weighted by molar-refractivity contribution is 9.10. The SMILES string of the molecule is Brc1ccc2c(c1)Oc1cc(Br)ccc1N2CCCN1CCOCC1. The molecule has 2 aliphatic heterocycles. The van der Waals surface area contributed by atoms with Crippen LogP contribution in [0.4, 0.5) is 11.4 Å². The van der Waals surface area contributed by atoms with Gasteiger partial charge >= 0.3 is 0 Å². The van der Waals surface area contributed by atoms with Gasteiger partial charge < -0.3 is 14.4 Å². The van der Waals surface area contributed by atoms with E-state index in [1.54, 1.807) is 0 Å². The van der Waals surface area contributed by atoms with E-state index in [9.17, 15) is 0 Å². The van der Waals surface area contributed by atoms with Crippen LogP contribution in [0.25, 0.3) is 0 Å². The average Bonchev–Trinajstić information content (AvgIpc) is 2.61. The fourth-order valence-electron chi connectivity index (χ4n) is 3.35. The summed E-state index contributed by atoms with van der Waals surface area (Å²) < 4.78 is 13.6. The molecule has 2 heterocycles. The van der Waals surface area contributed by atoms with Crippen LogP contribution in [0, 0.1) is 0 Å². The largest absolute Gasteiger partial charge is 0.453 e. The molecule has 0 radical (unpaired) electrons. The number of nitrogens with zero attached hydrogens (tertiary/aromatic N) is 2. The van der Waals surface area contributed by atoms with Gasteiger partial charge in [-0.15, -0.1) is 0 Å². The standard InChI is InChI=1S/C19H20Br2N2O2/c20-14-2-4-16-18(12-14)25-19-13-15(21)3-5-17(19)23(16)7-1-6-22-8-10-24-11-9-22/h2-5,12-13H,1,6-11H2. The third kappa shape index (κ3) is 3.87. The van der Waals surface area contributed by atoms with Crippen molar-refractivity contribution in [2.75, 3.05) is 44.3 Å².